The van der Waals surface area contributed by atoms with E-state index in [-0.39, 0.29) is 64.5 Å². The van der Waals surface area contributed by atoms with Gasteiger partial charge in [0.1, 0.15) is 10.6 Å². The second-order valence-corrected chi connectivity index (χ2v) is 6.59. The number of fused-ring (bicyclic) bond motifs is 1. The Bertz CT molecular complexity index is 876. The Morgan fingerprint density at radius 1 is 0.762 bits per heavy atom. The van der Waals surface area contributed by atoms with Gasteiger partial charge in [0.2, 0.25) is 0 Å². The molecule has 7 nitrogen and oxygen atoms in total. The summed E-state index contributed by atoms with van der Waals surface area (Å²) in [6, 6.07) is 5.38. The van der Waals surface area contributed by atoms with Crippen LogP contribution in [0.15, 0.2) is 40.1 Å². The Hall–Kier alpha value is 0.320. The average Bonchev–Trinajstić information content (AvgIpc) is 2.24. The van der Waals surface area contributed by atoms with Gasteiger partial charge in [-0.25, -0.2) is 0 Å². The van der Waals surface area contributed by atoms with E-state index >= 15 is 0 Å². The van der Waals surface area contributed by atoms with E-state index in [1.165, 1.54) is 6.07 Å². The first-order valence-electron chi connectivity index (χ1n) is 4.81. The Morgan fingerprint density at radius 2 is 1.33 bits per heavy atom. The molecule has 11 heteroatoms. The van der Waals surface area contributed by atoms with E-state index in [9.17, 15) is 21.9 Å². The van der Waals surface area contributed by atoms with Gasteiger partial charge in [0, 0.05) is 0 Å². The predicted octanol–water partition coefficient (Wildman–Crippen LogP) is -0.258. The predicted molar refractivity (Wildman–Crippen MR) is 79.5 cm³/mol. The number of rotatable bonds is 2. The summed E-state index contributed by atoms with van der Waals surface area (Å²) in [7, 11) is -9.06. The molecule has 2 rings (SSSR count). The number of hydrogen-bond donors (Lipinski definition) is 3. The summed E-state index contributed by atoms with van der Waals surface area (Å²) >= 11 is 0. The maximum atomic E-state index is 11.0. The molecule has 0 aliphatic carbocycles. The van der Waals surface area contributed by atoms with Gasteiger partial charge < -0.3 is 5.11 Å². The molecule has 2 aromatic rings. The van der Waals surface area contributed by atoms with Gasteiger partial charge in [-0.05, 0) is 35.0 Å². The molecule has 0 unspecified atom stereocenters. The molecule has 3 N–H and O–H groups in total. The molecule has 0 bridgehead atoms. The van der Waals surface area contributed by atoms with Crippen LogP contribution in [0.5, 0.6) is 5.75 Å². The third-order valence-corrected chi connectivity index (χ3v) is 4.20. The van der Waals surface area contributed by atoms with Crippen LogP contribution >= 0.6 is 0 Å². The molecule has 0 aromatic heterocycles. The van der Waals surface area contributed by atoms with Gasteiger partial charge in [-0.2, -0.15) is 16.8 Å². The quantitative estimate of drug-likeness (QED) is 0.502. The molecular weight excluding hydrogens is 342 g/mol. The van der Waals surface area contributed by atoms with Crippen molar-refractivity contribution in [2.75, 3.05) is 0 Å². The average molecular weight is 352 g/mol. The van der Waals surface area contributed by atoms with Gasteiger partial charge >= 0.3 is 59.1 Å². The summed E-state index contributed by atoms with van der Waals surface area (Å²) in [5, 5.41) is 9.94. The third kappa shape index (κ3) is 4.90. The monoisotopic (exact) mass is 352 g/mol. The fourth-order valence-electron chi connectivity index (χ4n) is 1.61. The van der Waals surface area contributed by atoms with Crippen LogP contribution in [0.3, 0.4) is 0 Å². The van der Waals surface area contributed by atoms with Crippen molar-refractivity contribution < 1.29 is 31.0 Å². The van der Waals surface area contributed by atoms with E-state index in [0.29, 0.717) is 5.39 Å². The Kier molecular flexibility index (Phi) is 7.37. The molecule has 106 valence electrons. The molecule has 2 aromatic carbocycles. The number of phenols is 1. The van der Waals surface area contributed by atoms with Crippen LogP contribution < -0.4 is 0 Å². The number of hydrogen-bond acceptors (Lipinski definition) is 5. The molecular formula is C10H10Na2O7S2. The zero-order valence-electron chi connectivity index (χ0n) is 9.18. The zero-order chi connectivity index (χ0) is 14.4. The fraction of sp³-hybridized carbons (Fsp3) is 0. The van der Waals surface area contributed by atoms with Gasteiger partial charge in [0.05, 0.1) is 4.90 Å². The molecule has 21 heavy (non-hydrogen) atoms. The van der Waals surface area contributed by atoms with Crippen molar-refractivity contribution in [2.45, 2.75) is 9.79 Å². The molecule has 0 aliphatic rings. The molecule has 0 radical (unpaired) electrons. The number of benzene rings is 2. The van der Waals surface area contributed by atoms with Gasteiger partial charge in [-0.1, -0.05) is 6.07 Å². The Labute approximate surface area is 165 Å². The molecule has 0 aliphatic heterocycles. The van der Waals surface area contributed by atoms with Crippen LogP contribution in [0.1, 0.15) is 0 Å². The first-order valence-corrected chi connectivity index (χ1v) is 7.69. The van der Waals surface area contributed by atoms with Crippen LogP contribution in [-0.2, 0) is 20.2 Å². The van der Waals surface area contributed by atoms with Crippen molar-refractivity contribution in [1.82, 2.24) is 0 Å². The standard InChI is InChI=1S/C10H8O7S2.2Na.2H/c11-9-4-6-1-2-8(18(12,13)14)3-7(6)5-10(9)19(15,16)17;;;;/h1-5,11H,(H,12,13,14)(H,15,16,17);;;;. The Morgan fingerprint density at radius 3 is 1.81 bits per heavy atom. The van der Waals surface area contributed by atoms with Gasteiger partial charge in [-0.15, -0.1) is 0 Å². The Balaban J connectivity index is 0.00000200. The van der Waals surface area contributed by atoms with E-state index in [1.807, 2.05) is 0 Å². The summed E-state index contributed by atoms with van der Waals surface area (Å²) in [5.41, 5.74) is 0. The van der Waals surface area contributed by atoms with Crippen LogP contribution in [-0.4, -0.2) is 90.2 Å². The summed E-state index contributed by atoms with van der Waals surface area (Å²) in [4.78, 5) is -1.17. The summed E-state index contributed by atoms with van der Waals surface area (Å²) < 4.78 is 61.7. The van der Waals surface area contributed by atoms with Crippen LogP contribution in [0.4, 0.5) is 0 Å². The van der Waals surface area contributed by atoms with Crippen LogP contribution in [0, 0.1) is 0 Å². The van der Waals surface area contributed by atoms with Crippen molar-refractivity contribution in [3.8, 4) is 5.75 Å². The second kappa shape index (κ2) is 7.26. The van der Waals surface area contributed by atoms with Crippen molar-refractivity contribution in [3.05, 3.63) is 30.3 Å². The molecule has 0 spiro atoms. The van der Waals surface area contributed by atoms with E-state index in [0.717, 1.165) is 24.3 Å². The maximum absolute atomic E-state index is 11.0. The summed E-state index contributed by atoms with van der Waals surface area (Å²) in [6.07, 6.45) is 0. The van der Waals surface area contributed by atoms with Gasteiger partial charge in [-0.3, -0.25) is 9.11 Å². The molecule has 0 amide bonds. The normalized spacial score (nSPS) is 11.5. The van der Waals surface area contributed by atoms with Crippen LogP contribution in [0.25, 0.3) is 10.8 Å². The SMILES string of the molecule is O=S(=O)(O)c1ccc2cc(O)c(S(=O)(=O)O)cc2c1.[NaH].[NaH]. The first kappa shape index (κ1) is 21.3. The zero-order valence-corrected chi connectivity index (χ0v) is 10.8. The third-order valence-electron chi connectivity index (χ3n) is 2.47. The minimum absolute atomic E-state index is 0. The minimum atomic E-state index is -4.64. The molecule has 0 heterocycles. The topological polar surface area (TPSA) is 129 Å². The molecule has 0 saturated heterocycles. The first-order chi connectivity index (χ1) is 8.59. The number of phenolic OH excluding ortho intramolecular Hbond substituents is 1. The second-order valence-electron chi connectivity index (χ2n) is 3.78. The van der Waals surface area contributed by atoms with E-state index < -0.39 is 35.8 Å². The van der Waals surface area contributed by atoms with E-state index in [2.05, 4.69) is 0 Å². The summed E-state index contributed by atoms with van der Waals surface area (Å²) in [5.74, 6) is -0.658. The molecule has 0 fully saturated rings. The molecule has 0 saturated carbocycles. The molecule has 0 atom stereocenters. The van der Waals surface area contributed by atoms with E-state index in [4.69, 9.17) is 9.11 Å². The summed E-state index contributed by atoms with van der Waals surface area (Å²) in [6.45, 7) is 0. The van der Waals surface area contributed by atoms with Crippen molar-refractivity contribution in [3.63, 3.8) is 0 Å². The van der Waals surface area contributed by atoms with Gasteiger partial charge in [0.15, 0.2) is 0 Å². The van der Waals surface area contributed by atoms with Crippen molar-refractivity contribution in [2.24, 2.45) is 0 Å². The van der Waals surface area contributed by atoms with E-state index in [1.54, 1.807) is 0 Å². The fourth-order valence-corrected chi connectivity index (χ4v) is 2.72. The van der Waals surface area contributed by atoms with Crippen molar-refractivity contribution >= 4 is 90.1 Å². The van der Waals surface area contributed by atoms with Crippen molar-refractivity contribution in [1.29, 1.82) is 0 Å². The number of aromatic hydroxyl groups is 1. The van der Waals surface area contributed by atoms with Gasteiger partial charge in [0.25, 0.3) is 20.2 Å². The van der Waals surface area contributed by atoms with Crippen LogP contribution in [0.2, 0.25) is 0 Å².